The fourth-order valence-electron chi connectivity index (χ4n) is 1.97. The van der Waals surface area contributed by atoms with Crippen molar-refractivity contribution in [1.82, 2.24) is 14.5 Å². The lowest BCUT2D eigenvalue weighted by Crippen LogP contribution is -2.45. The van der Waals surface area contributed by atoms with Crippen LogP contribution in [0.15, 0.2) is 11.1 Å². The highest BCUT2D eigenvalue weighted by molar-refractivity contribution is 14.1. The quantitative estimate of drug-likeness (QED) is 0.582. The summed E-state index contributed by atoms with van der Waals surface area (Å²) in [5.41, 5.74) is -0.104. The second kappa shape index (κ2) is 6.31. The van der Waals surface area contributed by atoms with Gasteiger partial charge in [-0.2, -0.15) is 0 Å². The third-order valence-corrected chi connectivity index (χ3v) is 4.59. The van der Waals surface area contributed by atoms with Gasteiger partial charge in [0, 0.05) is 13.1 Å². The van der Waals surface area contributed by atoms with Gasteiger partial charge in [-0.3, -0.25) is 14.3 Å². The van der Waals surface area contributed by atoms with Gasteiger partial charge in [0.05, 0.1) is 25.6 Å². The second-order valence-electron chi connectivity index (χ2n) is 4.19. The number of likely N-dealkylation sites (N-methyl/N-ethyl adjacent to an activating group) is 1. The van der Waals surface area contributed by atoms with Crippen molar-refractivity contribution < 1.29 is 4.74 Å². The maximum atomic E-state index is 12.0. The van der Waals surface area contributed by atoms with E-state index in [1.54, 1.807) is 4.57 Å². The van der Waals surface area contributed by atoms with Crippen molar-refractivity contribution in [3.05, 3.63) is 25.4 Å². The first kappa shape index (κ1) is 14.2. The second-order valence-corrected chi connectivity index (χ2v) is 5.63. The van der Waals surface area contributed by atoms with Gasteiger partial charge in [0.2, 0.25) is 0 Å². The first-order chi connectivity index (χ1) is 8.61. The van der Waals surface area contributed by atoms with Crippen molar-refractivity contribution in [3.63, 3.8) is 0 Å². The normalized spacial score (nSPS) is 21.2. The SMILES string of the molecule is CCN1CCOC(Cn2cnc(Cl)c(I)c2=O)C1. The van der Waals surface area contributed by atoms with Crippen LogP contribution < -0.4 is 5.56 Å². The molecule has 0 spiro atoms. The maximum Gasteiger partial charge on any atom is 0.268 e. The Morgan fingerprint density at radius 3 is 3.17 bits per heavy atom. The molecular weight excluding hydrogens is 368 g/mol. The summed E-state index contributed by atoms with van der Waals surface area (Å²) in [4.78, 5) is 18.3. The zero-order valence-corrected chi connectivity index (χ0v) is 13.0. The molecule has 0 N–H and O–H groups in total. The Labute approximate surface area is 124 Å². The van der Waals surface area contributed by atoms with E-state index in [-0.39, 0.29) is 16.8 Å². The van der Waals surface area contributed by atoms with Crippen LogP contribution in [0.5, 0.6) is 0 Å². The van der Waals surface area contributed by atoms with E-state index in [1.807, 2.05) is 22.6 Å². The molecule has 5 nitrogen and oxygen atoms in total. The topological polar surface area (TPSA) is 47.4 Å². The third kappa shape index (κ3) is 3.23. The number of hydrogen-bond acceptors (Lipinski definition) is 4. The molecule has 1 aromatic heterocycles. The molecule has 0 radical (unpaired) electrons. The van der Waals surface area contributed by atoms with Crippen LogP contribution in [0, 0.1) is 3.57 Å². The minimum absolute atomic E-state index is 0.0372. The van der Waals surface area contributed by atoms with E-state index in [9.17, 15) is 4.79 Å². The Hall–Kier alpha value is -0.180. The fraction of sp³-hybridized carbons (Fsp3) is 0.636. The molecule has 1 aliphatic rings. The fourth-order valence-corrected chi connectivity index (χ4v) is 2.54. The van der Waals surface area contributed by atoms with Gasteiger partial charge < -0.3 is 4.74 Å². The summed E-state index contributed by atoms with van der Waals surface area (Å²) in [5.74, 6) is 0. The van der Waals surface area contributed by atoms with E-state index in [0.29, 0.717) is 16.7 Å². The summed E-state index contributed by atoms with van der Waals surface area (Å²) in [7, 11) is 0. The highest BCUT2D eigenvalue weighted by atomic mass is 127. The molecule has 1 fully saturated rings. The Balaban J connectivity index is 2.10. The predicted molar refractivity (Wildman–Crippen MR) is 78.1 cm³/mol. The zero-order valence-electron chi connectivity index (χ0n) is 10.1. The van der Waals surface area contributed by atoms with Gasteiger partial charge >= 0.3 is 0 Å². The highest BCUT2D eigenvalue weighted by Gasteiger charge is 2.20. The summed E-state index contributed by atoms with van der Waals surface area (Å²) in [5, 5.41) is 0.261. The number of halogens is 2. The molecule has 7 heteroatoms. The Kier molecular flexibility index (Phi) is 4.99. The molecular formula is C11H15ClIN3O2. The number of ether oxygens (including phenoxy) is 1. The molecule has 0 amide bonds. The van der Waals surface area contributed by atoms with E-state index >= 15 is 0 Å². The minimum Gasteiger partial charge on any atom is -0.374 e. The molecule has 100 valence electrons. The van der Waals surface area contributed by atoms with Gasteiger partial charge in [-0.25, -0.2) is 4.98 Å². The average molecular weight is 384 g/mol. The van der Waals surface area contributed by atoms with Crippen molar-refractivity contribution in [2.75, 3.05) is 26.2 Å². The molecule has 1 saturated heterocycles. The summed E-state index contributed by atoms with van der Waals surface area (Å²) in [6, 6.07) is 0. The van der Waals surface area contributed by atoms with E-state index in [2.05, 4.69) is 16.8 Å². The van der Waals surface area contributed by atoms with Gasteiger partial charge in [0.1, 0.15) is 8.72 Å². The molecule has 0 aromatic carbocycles. The standard InChI is InChI=1S/C11H15ClIN3O2/c1-2-15-3-4-18-8(5-15)6-16-7-14-10(12)9(13)11(16)17/h7-8H,2-6H2,1H3. The molecule has 0 aliphatic carbocycles. The number of morpholine rings is 1. The Morgan fingerprint density at radius 2 is 2.44 bits per heavy atom. The molecule has 0 saturated carbocycles. The van der Waals surface area contributed by atoms with E-state index < -0.39 is 0 Å². The molecule has 1 aliphatic heterocycles. The molecule has 2 heterocycles. The Morgan fingerprint density at radius 1 is 1.67 bits per heavy atom. The van der Waals surface area contributed by atoms with Gasteiger partial charge in [0.15, 0.2) is 0 Å². The van der Waals surface area contributed by atoms with Gasteiger partial charge in [-0.15, -0.1) is 0 Å². The van der Waals surface area contributed by atoms with Crippen molar-refractivity contribution >= 4 is 34.2 Å². The average Bonchev–Trinajstić information content (AvgIpc) is 2.40. The van der Waals surface area contributed by atoms with Crippen LogP contribution in [0.1, 0.15) is 6.92 Å². The van der Waals surface area contributed by atoms with Gasteiger partial charge in [-0.1, -0.05) is 18.5 Å². The van der Waals surface area contributed by atoms with Crippen LogP contribution >= 0.6 is 34.2 Å². The van der Waals surface area contributed by atoms with Crippen LogP contribution in [-0.4, -0.2) is 46.8 Å². The summed E-state index contributed by atoms with van der Waals surface area (Å²) in [6.07, 6.45) is 1.52. The van der Waals surface area contributed by atoms with Gasteiger partial charge in [-0.05, 0) is 29.1 Å². The van der Waals surface area contributed by atoms with Crippen molar-refractivity contribution in [2.24, 2.45) is 0 Å². The van der Waals surface area contributed by atoms with Crippen LogP contribution in [0.25, 0.3) is 0 Å². The van der Waals surface area contributed by atoms with Crippen molar-refractivity contribution in [2.45, 2.75) is 19.6 Å². The lowest BCUT2D eigenvalue weighted by Gasteiger charge is -2.32. The van der Waals surface area contributed by atoms with Crippen LogP contribution in [-0.2, 0) is 11.3 Å². The van der Waals surface area contributed by atoms with Gasteiger partial charge in [0.25, 0.3) is 5.56 Å². The first-order valence-electron chi connectivity index (χ1n) is 5.86. The van der Waals surface area contributed by atoms with Crippen LogP contribution in [0.4, 0.5) is 0 Å². The smallest absolute Gasteiger partial charge is 0.268 e. The number of nitrogens with zero attached hydrogens (tertiary/aromatic N) is 3. The Bertz CT molecular complexity index is 480. The molecule has 0 bridgehead atoms. The molecule has 1 atom stereocenters. The predicted octanol–water partition coefficient (Wildman–Crippen LogP) is 1.22. The number of rotatable bonds is 3. The van der Waals surface area contributed by atoms with E-state index in [1.165, 1.54) is 6.33 Å². The van der Waals surface area contributed by atoms with Crippen molar-refractivity contribution in [1.29, 1.82) is 0 Å². The van der Waals surface area contributed by atoms with E-state index in [0.717, 1.165) is 19.6 Å². The summed E-state index contributed by atoms with van der Waals surface area (Å²) in [6.45, 7) is 6.17. The zero-order chi connectivity index (χ0) is 13.1. The maximum absolute atomic E-state index is 12.0. The summed E-state index contributed by atoms with van der Waals surface area (Å²) >= 11 is 7.72. The number of hydrogen-bond donors (Lipinski definition) is 0. The third-order valence-electron chi connectivity index (χ3n) is 3.01. The lowest BCUT2D eigenvalue weighted by molar-refractivity contribution is -0.0348. The number of aromatic nitrogens is 2. The highest BCUT2D eigenvalue weighted by Crippen LogP contribution is 2.11. The molecule has 1 unspecified atom stereocenters. The molecule has 18 heavy (non-hydrogen) atoms. The molecule has 1 aromatic rings. The van der Waals surface area contributed by atoms with E-state index in [4.69, 9.17) is 16.3 Å². The van der Waals surface area contributed by atoms with Crippen LogP contribution in [0.3, 0.4) is 0 Å². The van der Waals surface area contributed by atoms with Crippen molar-refractivity contribution in [3.8, 4) is 0 Å². The largest absolute Gasteiger partial charge is 0.374 e. The molecule has 2 rings (SSSR count). The summed E-state index contributed by atoms with van der Waals surface area (Å²) < 4.78 is 7.70. The van der Waals surface area contributed by atoms with Crippen LogP contribution in [0.2, 0.25) is 5.15 Å². The monoisotopic (exact) mass is 383 g/mol. The minimum atomic E-state index is -0.104. The first-order valence-corrected chi connectivity index (χ1v) is 7.32. The lowest BCUT2D eigenvalue weighted by atomic mass is 10.2.